The van der Waals surface area contributed by atoms with E-state index in [0.29, 0.717) is 12.3 Å². The molecular formula is C20H24O3S. The van der Waals surface area contributed by atoms with E-state index in [1.165, 1.54) is 0 Å². The summed E-state index contributed by atoms with van der Waals surface area (Å²) in [6.07, 6.45) is 1.64. The molecule has 0 bridgehead atoms. The van der Waals surface area contributed by atoms with Gasteiger partial charge in [0.05, 0.1) is 11.0 Å². The van der Waals surface area contributed by atoms with Crippen LogP contribution in [-0.4, -0.2) is 13.5 Å². The van der Waals surface area contributed by atoms with Gasteiger partial charge in [0.2, 0.25) is 9.84 Å². The van der Waals surface area contributed by atoms with Gasteiger partial charge in [-0.05, 0) is 30.0 Å². The van der Waals surface area contributed by atoms with Crippen LogP contribution in [0.2, 0.25) is 0 Å². The van der Waals surface area contributed by atoms with Crippen LogP contribution in [0, 0.1) is 5.92 Å². The van der Waals surface area contributed by atoms with Gasteiger partial charge < -0.3 is 5.11 Å². The normalized spacial score (nSPS) is 13.9. The number of aliphatic hydroxyl groups is 1. The molecule has 4 heteroatoms. The summed E-state index contributed by atoms with van der Waals surface area (Å²) < 4.78 is 25.9. The summed E-state index contributed by atoms with van der Waals surface area (Å²) in [4.78, 5) is 0.541. The topological polar surface area (TPSA) is 54.4 Å². The predicted molar refractivity (Wildman–Crippen MR) is 97.2 cm³/mol. The summed E-state index contributed by atoms with van der Waals surface area (Å²) in [5.41, 5.74) is 0.719. The minimum absolute atomic E-state index is 0.0773. The maximum atomic E-state index is 12.9. The number of sulfone groups is 1. The molecule has 0 aliphatic carbocycles. The Hall–Kier alpha value is -1.91. The zero-order valence-electron chi connectivity index (χ0n) is 14.1. The molecule has 0 aliphatic heterocycles. The van der Waals surface area contributed by atoms with Gasteiger partial charge in [-0.25, -0.2) is 8.42 Å². The van der Waals surface area contributed by atoms with Crippen LogP contribution in [-0.2, 0) is 9.84 Å². The van der Waals surface area contributed by atoms with Gasteiger partial charge in [-0.15, -0.1) is 0 Å². The van der Waals surface area contributed by atoms with Gasteiger partial charge in [-0.2, -0.15) is 0 Å². The summed E-state index contributed by atoms with van der Waals surface area (Å²) in [6, 6.07) is 17.5. The fourth-order valence-corrected chi connectivity index (χ4v) is 3.92. The van der Waals surface area contributed by atoms with E-state index in [0.717, 1.165) is 5.56 Å². The Morgan fingerprint density at radius 1 is 1.00 bits per heavy atom. The van der Waals surface area contributed by atoms with Crippen LogP contribution in [0.5, 0.6) is 0 Å². The molecule has 0 aromatic heterocycles. The molecule has 0 heterocycles. The van der Waals surface area contributed by atoms with Crippen molar-refractivity contribution < 1.29 is 13.5 Å². The van der Waals surface area contributed by atoms with E-state index in [1.807, 2.05) is 32.0 Å². The number of hydrogen-bond donors (Lipinski definition) is 1. The first-order valence-electron chi connectivity index (χ1n) is 8.13. The Kier molecular flexibility index (Phi) is 6.35. The fourth-order valence-electron chi connectivity index (χ4n) is 2.40. The first-order valence-corrected chi connectivity index (χ1v) is 9.61. The molecule has 0 fully saturated rings. The van der Waals surface area contributed by atoms with Gasteiger partial charge in [0.15, 0.2) is 0 Å². The van der Waals surface area contributed by atoms with Crippen LogP contribution in [0.25, 0.3) is 0 Å². The molecule has 1 atom stereocenters. The highest BCUT2D eigenvalue weighted by Crippen LogP contribution is 2.29. The molecule has 24 heavy (non-hydrogen) atoms. The van der Waals surface area contributed by atoms with Crippen LogP contribution in [0.3, 0.4) is 0 Å². The number of allylic oxidation sites excluding steroid dienone is 1. The summed E-state index contributed by atoms with van der Waals surface area (Å²) in [5.74, 6) is 0.347. The molecular weight excluding hydrogens is 320 g/mol. The molecule has 2 rings (SSSR count). The Balaban J connectivity index is 2.34. The molecule has 0 aliphatic rings. The Morgan fingerprint density at radius 2 is 1.54 bits per heavy atom. The smallest absolute Gasteiger partial charge is 0.202 e. The van der Waals surface area contributed by atoms with Crippen molar-refractivity contribution in [2.24, 2.45) is 5.92 Å². The average Bonchev–Trinajstić information content (AvgIpc) is 2.59. The van der Waals surface area contributed by atoms with Gasteiger partial charge in [0.1, 0.15) is 0 Å². The van der Waals surface area contributed by atoms with E-state index in [9.17, 15) is 13.5 Å². The highest BCUT2D eigenvalue weighted by molar-refractivity contribution is 7.95. The average molecular weight is 344 g/mol. The van der Waals surface area contributed by atoms with Crippen molar-refractivity contribution in [3.8, 4) is 0 Å². The summed E-state index contributed by atoms with van der Waals surface area (Å²) >= 11 is 0. The van der Waals surface area contributed by atoms with Crippen molar-refractivity contribution >= 4 is 9.84 Å². The lowest BCUT2D eigenvalue weighted by Gasteiger charge is -2.15. The van der Waals surface area contributed by atoms with E-state index < -0.39 is 15.9 Å². The largest absolute Gasteiger partial charge is 0.388 e. The lowest BCUT2D eigenvalue weighted by Crippen LogP contribution is -2.10. The number of aliphatic hydroxyl groups excluding tert-OH is 1. The second-order valence-electron chi connectivity index (χ2n) is 6.25. The number of benzene rings is 2. The molecule has 2 aromatic rings. The van der Waals surface area contributed by atoms with Gasteiger partial charge in [-0.3, -0.25) is 0 Å². The summed E-state index contributed by atoms with van der Waals surface area (Å²) in [5, 5.41) is 10.5. The van der Waals surface area contributed by atoms with Crippen molar-refractivity contribution in [1.29, 1.82) is 0 Å². The third-order valence-corrected chi connectivity index (χ3v) is 5.71. The van der Waals surface area contributed by atoms with Crippen LogP contribution in [0.1, 0.15) is 38.4 Å². The summed E-state index contributed by atoms with van der Waals surface area (Å²) in [6.45, 7) is 4.08. The van der Waals surface area contributed by atoms with Crippen molar-refractivity contribution in [2.45, 2.75) is 37.7 Å². The molecule has 128 valence electrons. The monoisotopic (exact) mass is 344 g/mol. The molecule has 1 unspecified atom stereocenters. The molecule has 0 saturated carbocycles. The highest BCUT2D eigenvalue weighted by Gasteiger charge is 2.23. The lowest BCUT2D eigenvalue weighted by molar-refractivity contribution is 0.180. The summed E-state index contributed by atoms with van der Waals surface area (Å²) in [7, 11) is -3.60. The second kappa shape index (κ2) is 8.27. The van der Waals surface area contributed by atoms with Gasteiger partial charge >= 0.3 is 0 Å². The standard InChI is InChI=1S/C20H24O3S/c1-16(2)13-14-19(15-20(21)17-9-5-3-6-10-17)24(22,23)18-11-7-4-8-12-18/h3-12,14,16,20-21H,13,15H2,1-2H3/b19-14-. The van der Waals surface area contributed by atoms with Crippen LogP contribution in [0.15, 0.2) is 76.5 Å². The molecule has 0 amide bonds. The van der Waals surface area contributed by atoms with E-state index in [2.05, 4.69) is 0 Å². The molecule has 2 aromatic carbocycles. The van der Waals surface area contributed by atoms with Gasteiger partial charge in [0, 0.05) is 11.3 Å². The molecule has 0 radical (unpaired) electrons. The lowest BCUT2D eigenvalue weighted by atomic mass is 10.1. The fraction of sp³-hybridized carbons (Fsp3) is 0.300. The second-order valence-corrected chi connectivity index (χ2v) is 8.25. The van der Waals surface area contributed by atoms with Crippen molar-refractivity contribution in [3.63, 3.8) is 0 Å². The van der Waals surface area contributed by atoms with Crippen molar-refractivity contribution in [3.05, 3.63) is 77.2 Å². The Labute approximate surface area is 144 Å². The number of hydrogen-bond acceptors (Lipinski definition) is 3. The first kappa shape index (κ1) is 18.4. The van der Waals surface area contributed by atoms with E-state index >= 15 is 0 Å². The zero-order valence-corrected chi connectivity index (χ0v) is 14.9. The molecule has 1 N–H and O–H groups in total. The SMILES string of the molecule is CC(C)C/C=C(/CC(O)c1ccccc1)S(=O)(=O)c1ccccc1. The third kappa shape index (κ3) is 4.79. The van der Waals surface area contributed by atoms with Gasteiger partial charge in [-0.1, -0.05) is 68.5 Å². The zero-order chi connectivity index (χ0) is 17.6. The number of rotatable bonds is 7. The van der Waals surface area contributed by atoms with E-state index in [-0.39, 0.29) is 16.2 Å². The third-order valence-electron chi connectivity index (χ3n) is 3.79. The maximum absolute atomic E-state index is 12.9. The quantitative estimate of drug-likeness (QED) is 0.804. The van der Waals surface area contributed by atoms with E-state index in [1.54, 1.807) is 48.5 Å². The van der Waals surface area contributed by atoms with E-state index in [4.69, 9.17) is 0 Å². The van der Waals surface area contributed by atoms with Crippen molar-refractivity contribution in [2.75, 3.05) is 0 Å². The Morgan fingerprint density at radius 3 is 2.08 bits per heavy atom. The van der Waals surface area contributed by atoms with Gasteiger partial charge in [0.25, 0.3) is 0 Å². The van der Waals surface area contributed by atoms with Crippen LogP contribution < -0.4 is 0 Å². The predicted octanol–water partition coefficient (Wildman–Crippen LogP) is 4.51. The van der Waals surface area contributed by atoms with Crippen LogP contribution in [0.4, 0.5) is 0 Å². The highest BCUT2D eigenvalue weighted by atomic mass is 32.2. The maximum Gasteiger partial charge on any atom is 0.202 e. The van der Waals surface area contributed by atoms with Crippen LogP contribution >= 0.6 is 0 Å². The van der Waals surface area contributed by atoms with Crippen molar-refractivity contribution in [1.82, 2.24) is 0 Å². The first-order chi connectivity index (χ1) is 11.4. The molecule has 3 nitrogen and oxygen atoms in total. The molecule has 0 saturated heterocycles. The molecule has 0 spiro atoms. The Bertz CT molecular complexity index is 763. The minimum atomic E-state index is -3.60. The minimum Gasteiger partial charge on any atom is -0.388 e.